The van der Waals surface area contributed by atoms with Crippen molar-refractivity contribution in [2.45, 2.75) is 64.0 Å². The SMILES string of the molecule is CC(C)(C)[Si](C)(C)OC1CC=CC(O)C1. The Kier molecular flexibility index (Phi) is 3.79. The van der Waals surface area contributed by atoms with Crippen LogP contribution in [0.3, 0.4) is 0 Å². The number of aliphatic hydroxyl groups excluding tert-OH is 1. The van der Waals surface area contributed by atoms with Gasteiger partial charge in [0.25, 0.3) is 0 Å². The van der Waals surface area contributed by atoms with Crippen LogP contribution >= 0.6 is 0 Å². The number of aliphatic hydroxyl groups is 1. The molecule has 0 bridgehead atoms. The summed E-state index contributed by atoms with van der Waals surface area (Å²) in [5.41, 5.74) is 0. The average molecular weight is 228 g/mol. The van der Waals surface area contributed by atoms with Gasteiger partial charge < -0.3 is 9.53 Å². The van der Waals surface area contributed by atoms with Gasteiger partial charge in [-0.1, -0.05) is 32.9 Å². The Morgan fingerprint density at radius 3 is 2.40 bits per heavy atom. The van der Waals surface area contributed by atoms with Crippen molar-refractivity contribution >= 4 is 8.32 Å². The van der Waals surface area contributed by atoms with Gasteiger partial charge in [0.05, 0.1) is 12.2 Å². The van der Waals surface area contributed by atoms with Crippen LogP contribution in [0, 0.1) is 0 Å². The van der Waals surface area contributed by atoms with E-state index in [0.717, 1.165) is 12.8 Å². The van der Waals surface area contributed by atoms with Crippen molar-refractivity contribution in [3.63, 3.8) is 0 Å². The molecule has 1 aliphatic rings. The summed E-state index contributed by atoms with van der Waals surface area (Å²) in [5.74, 6) is 0. The predicted octanol–water partition coefficient (Wildman–Crippen LogP) is 3.09. The largest absolute Gasteiger partial charge is 0.414 e. The molecule has 0 radical (unpaired) electrons. The molecule has 1 rings (SSSR count). The highest BCUT2D eigenvalue weighted by molar-refractivity contribution is 6.74. The van der Waals surface area contributed by atoms with Gasteiger partial charge in [-0.05, 0) is 24.6 Å². The zero-order valence-electron chi connectivity index (χ0n) is 10.6. The maximum Gasteiger partial charge on any atom is 0.192 e. The van der Waals surface area contributed by atoms with Crippen LogP contribution in [0.1, 0.15) is 33.6 Å². The topological polar surface area (TPSA) is 29.5 Å². The Balaban J connectivity index is 2.58. The number of rotatable bonds is 2. The molecule has 0 saturated carbocycles. The quantitative estimate of drug-likeness (QED) is 0.581. The summed E-state index contributed by atoms with van der Waals surface area (Å²) < 4.78 is 6.24. The van der Waals surface area contributed by atoms with Crippen molar-refractivity contribution in [2.75, 3.05) is 0 Å². The van der Waals surface area contributed by atoms with Crippen molar-refractivity contribution in [2.24, 2.45) is 0 Å². The summed E-state index contributed by atoms with van der Waals surface area (Å²) in [7, 11) is -1.67. The first-order valence-corrected chi connectivity index (χ1v) is 8.66. The molecule has 0 aromatic heterocycles. The van der Waals surface area contributed by atoms with Crippen LogP contribution in [0.2, 0.25) is 18.1 Å². The second-order valence-electron chi connectivity index (χ2n) is 5.97. The van der Waals surface area contributed by atoms with Gasteiger partial charge in [0.15, 0.2) is 8.32 Å². The molecule has 3 heteroatoms. The third-order valence-corrected chi connectivity index (χ3v) is 8.06. The van der Waals surface area contributed by atoms with E-state index in [2.05, 4.69) is 33.9 Å². The van der Waals surface area contributed by atoms with Crippen molar-refractivity contribution in [1.82, 2.24) is 0 Å². The zero-order chi connectivity index (χ0) is 11.7. The van der Waals surface area contributed by atoms with Crippen LogP contribution in [0.4, 0.5) is 0 Å². The summed E-state index contributed by atoms with van der Waals surface area (Å²) in [6.07, 6.45) is 5.50. The molecule has 0 saturated heterocycles. The fourth-order valence-corrected chi connectivity index (χ4v) is 2.90. The van der Waals surface area contributed by atoms with E-state index in [1.54, 1.807) is 0 Å². The van der Waals surface area contributed by atoms with Crippen LogP contribution in [0.5, 0.6) is 0 Å². The lowest BCUT2D eigenvalue weighted by Crippen LogP contribution is -2.44. The molecule has 0 aliphatic heterocycles. The molecule has 0 amide bonds. The molecule has 2 atom stereocenters. The Labute approximate surface area is 94.5 Å². The fraction of sp³-hybridized carbons (Fsp3) is 0.833. The lowest BCUT2D eigenvalue weighted by molar-refractivity contribution is 0.104. The molecule has 0 heterocycles. The predicted molar refractivity (Wildman–Crippen MR) is 66.5 cm³/mol. The Morgan fingerprint density at radius 1 is 1.33 bits per heavy atom. The minimum atomic E-state index is -1.67. The number of hydrogen-bond donors (Lipinski definition) is 1. The van der Waals surface area contributed by atoms with Gasteiger partial charge in [-0.3, -0.25) is 0 Å². The normalized spacial score (nSPS) is 28.1. The summed E-state index contributed by atoms with van der Waals surface area (Å²) >= 11 is 0. The summed E-state index contributed by atoms with van der Waals surface area (Å²) in [6.45, 7) is 11.3. The molecule has 0 fully saturated rings. The average Bonchev–Trinajstić information content (AvgIpc) is 2.00. The maximum absolute atomic E-state index is 9.53. The summed E-state index contributed by atoms with van der Waals surface area (Å²) in [4.78, 5) is 0. The van der Waals surface area contributed by atoms with Gasteiger partial charge >= 0.3 is 0 Å². The Hall–Kier alpha value is -0.123. The van der Waals surface area contributed by atoms with E-state index in [1.165, 1.54) is 0 Å². The molecule has 2 unspecified atom stereocenters. The molecule has 15 heavy (non-hydrogen) atoms. The van der Waals surface area contributed by atoms with Crippen molar-refractivity contribution in [3.05, 3.63) is 12.2 Å². The van der Waals surface area contributed by atoms with E-state index in [-0.39, 0.29) is 17.2 Å². The van der Waals surface area contributed by atoms with Gasteiger partial charge in [-0.15, -0.1) is 0 Å². The van der Waals surface area contributed by atoms with Crippen molar-refractivity contribution in [3.8, 4) is 0 Å². The van der Waals surface area contributed by atoms with Crippen molar-refractivity contribution < 1.29 is 9.53 Å². The highest BCUT2D eigenvalue weighted by Crippen LogP contribution is 2.38. The third kappa shape index (κ3) is 3.43. The lowest BCUT2D eigenvalue weighted by atomic mass is 10.0. The number of hydrogen-bond acceptors (Lipinski definition) is 2. The van der Waals surface area contributed by atoms with Gasteiger partial charge in [-0.25, -0.2) is 0 Å². The van der Waals surface area contributed by atoms with Crippen LogP contribution in [-0.4, -0.2) is 25.6 Å². The van der Waals surface area contributed by atoms with Crippen LogP contribution < -0.4 is 0 Å². The van der Waals surface area contributed by atoms with Crippen LogP contribution in [-0.2, 0) is 4.43 Å². The van der Waals surface area contributed by atoms with E-state index < -0.39 is 8.32 Å². The smallest absolute Gasteiger partial charge is 0.192 e. The fourth-order valence-electron chi connectivity index (χ4n) is 1.52. The van der Waals surface area contributed by atoms with Crippen LogP contribution in [0.15, 0.2) is 12.2 Å². The molecule has 88 valence electrons. The van der Waals surface area contributed by atoms with Crippen LogP contribution in [0.25, 0.3) is 0 Å². The maximum atomic E-state index is 9.53. The Bertz CT molecular complexity index is 240. The third-order valence-electron chi connectivity index (χ3n) is 3.53. The molecular weight excluding hydrogens is 204 g/mol. The van der Waals surface area contributed by atoms with Gasteiger partial charge in [0, 0.05) is 6.42 Å². The first-order valence-electron chi connectivity index (χ1n) is 5.75. The monoisotopic (exact) mass is 228 g/mol. The molecule has 0 spiro atoms. The molecular formula is C12H24O2Si. The second-order valence-corrected chi connectivity index (χ2v) is 10.7. The molecule has 1 aliphatic carbocycles. The minimum Gasteiger partial charge on any atom is -0.414 e. The van der Waals surface area contributed by atoms with E-state index in [1.807, 2.05) is 12.2 Å². The molecule has 2 nitrogen and oxygen atoms in total. The summed E-state index contributed by atoms with van der Waals surface area (Å²) in [5, 5.41) is 9.78. The van der Waals surface area contributed by atoms with Crippen molar-refractivity contribution in [1.29, 1.82) is 0 Å². The lowest BCUT2D eigenvalue weighted by Gasteiger charge is -2.40. The Morgan fingerprint density at radius 2 is 1.93 bits per heavy atom. The van der Waals surface area contributed by atoms with Gasteiger partial charge in [0.2, 0.25) is 0 Å². The highest BCUT2D eigenvalue weighted by Gasteiger charge is 2.39. The highest BCUT2D eigenvalue weighted by atomic mass is 28.4. The molecule has 1 N–H and O–H groups in total. The van der Waals surface area contributed by atoms with E-state index in [9.17, 15) is 5.11 Å². The second kappa shape index (κ2) is 4.40. The first-order chi connectivity index (χ1) is 6.72. The van der Waals surface area contributed by atoms with E-state index >= 15 is 0 Å². The minimum absolute atomic E-state index is 0.214. The molecule has 0 aromatic rings. The van der Waals surface area contributed by atoms with Gasteiger partial charge in [0.1, 0.15) is 0 Å². The van der Waals surface area contributed by atoms with E-state index in [0.29, 0.717) is 0 Å². The van der Waals surface area contributed by atoms with Gasteiger partial charge in [-0.2, -0.15) is 0 Å². The first kappa shape index (κ1) is 12.9. The zero-order valence-corrected chi connectivity index (χ0v) is 11.6. The molecule has 0 aromatic carbocycles. The standard InChI is InChI=1S/C12H24O2Si/c1-12(2,3)15(4,5)14-11-8-6-7-10(13)9-11/h6-7,10-11,13H,8-9H2,1-5H3. The summed E-state index contributed by atoms with van der Waals surface area (Å²) in [6, 6.07) is 0. The van der Waals surface area contributed by atoms with E-state index in [4.69, 9.17) is 4.43 Å².